The van der Waals surface area contributed by atoms with Crippen molar-refractivity contribution in [1.82, 2.24) is 0 Å². The van der Waals surface area contributed by atoms with Crippen molar-refractivity contribution in [3.63, 3.8) is 0 Å². The van der Waals surface area contributed by atoms with Gasteiger partial charge in [-0.05, 0) is 37.5 Å². The SMILES string of the molecule is CCCCCCCCCCCCCCCCCCCCCC(=O)OC[C@H](COP(=O)(O)OC[C@@H](O)COP(=O)(O)OC[C@@H](COC(=O)CCCCCCCCCCCCC)OC(=O)CCCCCCCCCCC(C)CC)OC(=O)CCCCCCCCCCCCCCCCCCCCC(C)C. The van der Waals surface area contributed by atoms with Crippen molar-refractivity contribution >= 4 is 39.5 Å². The van der Waals surface area contributed by atoms with Crippen molar-refractivity contribution in [2.75, 3.05) is 39.6 Å². The van der Waals surface area contributed by atoms with Crippen molar-refractivity contribution in [1.29, 1.82) is 0 Å². The Balaban J connectivity index is 5.22. The standard InChI is InChI=1S/C84H164O17P2/c1-7-10-12-14-16-18-20-21-22-23-24-28-31-34-38-42-49-55-61-67-82(87)95-72-79(100-83(88)68-62-56-50-43-39-35-32-29-26-25-27-30-33-37-40-46-52-58-64-76(4)5)74-98-102(90,91)96-70-78(85)71-97-103(92,93)99-75-80(73-94-81(86)66-60-54-48-41-36-19-17-15-13-11-8-2)101-84(89)69-63-57-51-45-44-47-53-59-65-77(6)9-3/h76-80,85H,7-75H2,1-6H3,(H,90,91)(H,92,93)/t77?,78-,79-,80-/m1/s1. The molecule has 3 N–H and O–H groups in total. The second-order valence-electron chi connectivity index (χ2n) is 30.9. The molecule has 0 spiro atoms. The third-order valence-electron chi connectivity index (χ3n) is 20.1. The zero-order chi connectivity index (χ0) is 75.6. The van der Waals surface area contributed by atoms with Gasteiger partial charge in [-0.1, -0.05) is 395 Å². The minimum Gasteiger partial charge on any atom is -0.462 e. The van der Waals surface area contributed by atoms with E-state index in [2.05, 4.69) is 41.5 Å². The second kappa shape index (κ2) is 75.5. The molecule has 0 saturated heterocycles. The predicted molar refractivity (Wildman–Crippen MR) is 423 cm³/mol. The molecule has 0 rings (SSSR count). The van der Waals surface area contributed by atoms with E-state index in [0.717, 1.165) is 102 Å². The molecular formula is C84H164O17P2. The highest BCUT2D eigenvalue weighted by atomic mass is 31.2. The molecule has 0 saturated carbocycles. The molecule has 0 aromatic carbocycles. The van der Waals surface area contributed by atoms with E-state index >= 15 is 0 Å². The molecule has 0 aliphatic carbocycles. The van der Waals surface area contributed by atoms with Gasteiger partial charge in [-0.15, -0.1) is 0 Å². The number of hydrogen-bond donors (Lipinski definition) is 3. The molecule has 19 heteroatoms. The van der Waals surface area contributed by atoms with Crippen molar-refractivity contribution in [3.05, 3.63) is 0 Å². The summed E-state index contributed by atoms with van der Waals surface area (Å²) >= 11 is 0. The number of phosphoric acid groups is 2. The van der Waals surface area contributed by atoms with Crippen LogP contribution >= 0.6 is 15.6 Å². The summed E-state index contributed by atoms with van der Waals surface area (Å²) in [6, 6.07) is 0. The molecule has 0 radical (unpaired) electrons. The molecular weight excluding hydrogens is 1340 g/mol. The highest BCUT2D eigenvalue weighted by Crippen LogP contribution is 2.45. The second-order valence-corrected chi connectivity index (χ2v) is 33.8. The molecule has 0 aromatic heterocycles. The van der Waals surface area contributed by atoms with Gasteiger partial charge in [0.1, 0.15) is 19.3 Å². The topological polar surface area (TPSA) is 237 Å². The number of unbranched alkanes of at least 4 members (excludes halogenated alkanes) is 52. The highest BCUT2D eigenvalue weighted by Gasteiger charge is 2.30. The lowest BCUT2D eigenvalue weighted by molar-refractivity contribution is -0.161. The molecule has 103 heavy (non-hydrogen) atoms. The van der Waals surface area contributed by atoms with Crippen LogP contribution in [0.2, 0.25) is 0 Å². The fourth-order valence-corrected chi connectivity index (χ4v) is 14.6. The predicted octanol–water partition coefficient (Wildman–Crippen LogP) is 25.5. The number of esters is 4. The zero-order valence-electron chi connectivity index (χ0n) is 67.6. The van der Waals surface area contributed by atoms with Gasteiger partial charge in [-0.25, -0.2) is 9.13 Å². The Kier molecular flexibility index (Phi) is 74.1. The molecule has 0 aromatic rings. The number of aliphatic hydroxyl groups is 1. The van der Waals surface area contributed by atoms with Crippen LogP contribution < -0.4 is 0 Å². The summed E-state index contributed by atoms with van der Waals surface area (Å²) in [5, 5.41) is 10.7. The third-order valence-corrected chi connectivity index (χ3v) is 22.0. The molecule has 0 amide bonds. The number of carbonyl (C=O) groups excluding carboxylic acids is 4. The first kappa shape index (κ1) is 101. The summed E-state index contributed by atoms with van der Waals surface area (Å²) < 4.78 is 68.8. The van der Waals surface area contributed by atoms with Gasteiger partial charge in [-0.2, -0.15) is 0 Å². The Morgan fingerprint density at radius 3 is 0.738 bits per heavy atom. The maximum absolute atomic E-state index is 13.1. The number of phosphoric ester groups is 2. The van der Waals surface area contributed by atoms with E-state index in [9.17, 15) is 43.2 Å². The van der Waals surface area contributed by atoms with E-state index in [1.807, 2.05) is 0 Å². The van der Waals surface area contributed by atoms with Crippen LogP contribution in [0.25, 0.3) is 0 Å². The largest absolute Gasteiger partial charge is 0.472 e. The van der Waals surface area contributed by atoms with E-state index in [1.54, 1.807) is 0 Å². The molecule has 0 aliphatic heterocycles. The Morgan fingerprint density at radius 1 is 0.282 bits per heavy atom. The van der Waals surface area contributed by atoms with Crippen LogP contribution in [0, 0.1) is 11.8 Å². The van der Waals surface area contributed by atoms with E-state index in [1.165, 1.54) is 263 Å². The Morgan fingerprint density at radius 2 is 0.495 bits per heavy atom. The summed E-state index contributed by atoms with van der Waals surface area (Å²) in [5.74, 6) is -0.516. The van der Waals surface area contributed by atoms with Gasteiger partial charge >= 0.3 is 39.5 Å². The van der Waals surface area contributed by atoms with Gasteiger partial charge in [0.2, 0.25) is 0 Å². The number of hydrogen-bond acceptors (Lipinski definition) is 15. The molecule has 6 atom stereocenters. The summed E-state index contributed by atoms with van der Waals surface area (Å²) in [4.78, 5) is 73.1. The lowest BCUT2D eigenvalue weighted by Gasteiger charge is -2.21. The van der Waals surface area contributed by atoms with Gasteiger partial charge in [0.15, 0.2) is 12.2 Å². The summed E-state index contributed by atoms with van der Waals surface area (Å²) in [6.45, 7) is 9.68. The first-order chi connectivity index (χ1) is 49.9. The van der Waals surface area contributed by atoms with Crippen LogP contribution in [0.1, 0.15) is 446 Å². The van der Waals surface area contributed by atoms with Crippen LogP contribution in [0.15, 0.2) is 0 Å². The van der Waals surface area contributed by atoms with Crippen molar-refractivity contribution in [3.8, 4) is 0 Å². The van der Waals surface area contributed by atoms with Gasteiger partial charge in [0, 0.05) is 25.7 Å². The first-order valence-corrected chi connectivity index (χ1v) is 46.5. The fourth-order valence-electron chi connectivity index (χ4n) is 13.0. The van der Waals surface area contributed by atoms with Crippen molar-refractivity contribution in [2.45, 2.75) is 464 Å². The Labute approximate surface area is 632 Å². The van der Waals surface area contributed by atoms with Gasteiger partial charge in [0.05, 0.1) is 26.4 Å². The zero-order valence-corrected chi connectivity index (χ0v) is 69.4. The van der Waals surface area contributed by atoms with E-state index in [0.29, 0.717) is 25.7 Å². The van der Waals surface area contributed by atoms with Crippen LogP contribution in [0.3, 0.4) is 0 Å². The summed E-state index contributed by atoms with van der Waals surface area (Å²) in [7, 11) is -9.92. The number of aliphatic hydroxyl groups excluding tert-OH is 1. The third kappa shape index (κ3) is 76.6. The fraction of sp³-hybridized carbons (Fsp3) is 0.952. The first-order valence-electron chi connectivity index (χ1n) is 43.5. The number of ether oxygens (including phenoxy) is 4. The van der Waals surface area contributed by atoms with E-state index < -0.39 is 97.5 Å². The molecule has 3 unspecified atom stereocenters. The average Bonchev–Trinajstić information content (AvgIpc) is 0.910. The minimum atomic E-state index is -4.96. The van der Waals surface area contributed by atoms with Gasteiger partial charge in [0.25, 0.3) is 0 Å². The Hall–Kier alpha value is -1.94. The quantitative estimate of drug-likeness (QED) is 0.0222. The highest BCUT2D eigenvalue weighted by molar-refractivity contribution is 7.47. The Bertz CT molecular complexity index is 1980. The number of rotatable bonds is 83. The summed E-state index contributed by atoms with van der Waals surface area (Å²) in [6.07, 6.45) is 66.6. The molecule has 0 bridgehead atoms. The number of carbonyl (C=O) groups is 4. The van der Waals surface area contributed by atoms with Crippen molar-refractivity contribution < 1.29 is 80.2 Å². The van der Waals surface area contributed by atoms with Crippen LogP contribution in [0.5, 0.6) is 0 Å². The average molecular weight is 1510 g/mol. The summed E-state index contributed by atoms with van der Waals surface area (Å²) in [5.41, 5.74) is 0. The molecule has 0 fully saturated rings. The minimum absolute atomic E-state index is 0.106. The van der Waals surface area contributed by atoms with E-state index in [4.69, 9.17) is 37.0 Å². The van der Waals surface area contributed by atoms with Crippen LogP contribution in [0.4, 0.5) is 0 Å². The maximum Gasteiger partial charge on any atom is 0.472 e. The monoisotopic (exact) mass is 1510 g/mol. The lowest BCUT2D eigenvalue weighted by atomic mass is 9.99. The lowest BCUT2D eigenvalue weighted by Crippen LogP contribution is -2.30. The van der Waals surface area contributed by atoms with E-state index in [-0.39, 0.29) is 25.7 Å². The molecule has 0 aliphatic rings. The van der Waals surface area contributed by atoms with Crippen molar-refractivity contribution in [2.24, 2.45) is 11.8 Å². The normalized spacial score (nSPS) is 14.1. The van der Waals surface area contributed by atoms with Gasteiger partial charge in [-0.3, -0.25) is 37.3 Å². The smallest absolute Gasteiger partial charge is 0.462 e. The van der Waals surface area contributed by atoms with Crippen LogP contribution in [-0.4, -0.2) is 96.7 Å². The molecule has 0 heterocycles. The van der Waals surface area contributed by atoms with Crippen LogP contribution in [-0.2, 0) is 65.4 Å². The van der Waals surface area contributed by atoms with Gasteiger partial charge < -0.3 is 33.8 Å². The maximum atomic E-state index is 13.1. The molecule has 612 valence electrons. The molecule has 17 nitrogen and oxygen atoms in total.